The number of piperazine rings is 1. The summed E-state index contributed by atoms with van der Waals surface area (Å²) in [7, 11) is -3.63. The van der Waals surface area contributed by atoms with Crippen molar-refractivity contribution in [2.75, 3.05) is 50.8 Å². The minimum atomic E-state index is -4.80. The van der Waals surface area contributed by atoms with Gasteiger partial charge in [-0.2, -0.15) is 17.5 Å². The molecular weight excluding hydrogens is 503 g/mol. The molecule has 0 saturated carbocycles. The summed E-state index contributed by atoms with van der Waals surface area (Å²) < 4.78 is 73.5. The Hall–Kier alpha value is -1.70. The van der Waals surface area contributed by atoms with Gasteiger partial charge in [-0.05, 0) is 43.0 Å². The van der Waals surface area contributed by atoms with Crippen LogP contribution in [0.2, 0.25) is 0 Å². The molecular formula is C23H30F3N3O4S2. The largest absolute Gasteiger partial charge is 0.421 e. The maximum absolute atomic E-state index is 13.3. The van der Waals surface area contributed by atoms with E-state index >= 15 is 0 Å². The molecule has 0 radical (unpaired) electrons. The molecule has 0 bridgehead atoms. The van der Waals surface area contributed by atoms with Crippen molar-refractivity contribution in [2.24, 2.45) is 0 Å². The van der Waals surface area contributed by atoms with E-state index in [9.17, 15) is 26.7 Å². The number of hydrogen-bond acceptors (Lipinski definition) is 7. The molecule has 0 spiro atoms. The lowest BCUT2D eigenvalue weighted by Gasteiger charge is -2.45. The van der Waals surface area contributed by atoms with Crippen molar-refractivity contribution in [3.8, 4) is 0 Å². The summed E-state index contributed by atoms with van der Waals surface area (Å²) in [6.07, 6.45) is -4.80. The van der Waals surface area contributed by atoms with Crippen LogP contribution >= 0.6 is 11.3 Å². The van der Waals surface area contributed by atoms with Crippen molar-refractivity contribution in [3.63, 3.8) is 0 Å². The first kappa shape index (κ1) is 26.4. The van der Waals surface area contributed by atoms with Crippen LogP contribution < -0.4 is 4.90 Å². The minimum absolute atomic E-state index is 0.166. The first-order valence-corrected chi connectivity index (χ1v) is 13.7. The van der Waals surface area contributed by atoms with Gasteiger partial charge >= 0.3 is 6.18 Å². The van der Waals surface area contributed by atoms with Gasteiger partial charge in [0.15, 0.2) is 5.60 Å². The molecule has 2 aliphatic rings. The van der Waals surface area contributed by atoms with Crippen LogP contribution in [0.25, 0.3) is 0 Å². The molecule has 3 unspecified atom stereocenters. The van der Waals surface area contributed by atoms with Gasteiger partial charge in [-0.1, -0.05) is 18.2 Å². The van der Waals surface area contributed by atoms with E-state index in [-0.39, 0.29) is 30.7 Å². The number of anilines is 1. The van der Waals surface area contributed by atoms with Gasteiger partial charge in [0.25, 0.3) is 10.0 Å². The second-order valence-corrected chi connectivity index (χ2v) is 12.3. The fourth-order valence-electron chi connectivity index (χ4n) is 4.52. The van der Waals surface area contributed by atoms with Gasteiger partial charge in [-0.15, -0.1) is 11.3 Å². The SMILES string of the molecule is CC1COCCN1CC1CN(S(=O)(=O)c2cccs2)CCN1c1ccc(C(C)(O)C(F)(F)F)cc1. The zero-order valence-electron chi connectivity index (χ0n) is 19.6. The Balaban J connectivity index is 1.60. The predicted molar refractivity (Wildman–Crippen MR) is 128 cm³/mol. The summed E-state index contributed by atoms with van der Waals surface area (Å²) in [4.78, 5) is 4.31. The summed E-state index contributed by atoms with van der Waals surface area (Å²) in [5, 5.41) is 11.7. The number of rotatable bonds is 6. The highest BCUT2D eigenvalue weighted by Gasteiger charge is 2.51. The second-order valence-electron chi connectivity index (χ2n) is 9.18. The molecule has 2 aromatic rings. The van der Waals surface area contributed by atoms with Crippen molar-refractivity contribution in [3.05, 3.63) is 47.3 Å². The normalized spacial score (nSPS) is 24.9. The Morgan fingerprint density at radius 2 is 1.86 bits per heavy atom. The average Bonchev–Trinajstić information content (AvgIpc) is 3.36. The fourth-order valence-corrected chi connectivity index (χ4v) is 7.14. The summed E-state index contributed by atoms with van der Waals surface area (Å²) in [6, 6.07) is 8.95. The molecule has 35 heavy (non-hydrogen) atoms. The van der Waals surface area contributed by atoms with E-state index in [1.165, 1.54) is 27.8 Å². The van der Waals surface area contributed by atoms with E-state index in [0.29, 0.717) is 36.2 Å². The number of aliphatic hydroxyl groups is 1. The van der Waals surface area contributed by atoms with Crippen LogP contribution in [0.1, 0.15) is 19.4 Å². The maximum atomic E-state index is 13.3. The smallest absolute Gasteiger partial charge is 0.379 e. The number of thiophene rings is 1. The number of ether oxygens (including phenoxy) is 1. The van der Waals surface area contributed by atoms with E-state index in [2.05, 4.69) is 16.7 Å². The molecule has 1 aromatic carbocycles. The molecule has 4 rings (SSSR count). The van der Waals surface area contributed by atoms with Crippen LogP contribution in [0.5, 0.6) is 0 Å². The van der Waals surface area contributed by atoms with Crippen molar-refractivity contribution >= 4 is 27.0 Å². The monoisotopic (exact) mass is 533 g/mol. The van der Waals surface area contributed by atoms with Crippen LogP contribution in [0.4, 0.5) is 18.9 Å². The van der Waals surface area contributed by atoms with Gasteiger partial charge in [0.1, 0.15) is 4.21 Å². The van der Waals surface area contributed by atoms with Gasteiger partial charge in [-0.25, -0.2) is 8.42 Å². The van der Waals surface area contributed by atoms with Gasteiger partial charge in [0.05, 0.1) is 19.3 Å². The molecule has 1 N–H and O–H groups in total. The Labute approximate surface area is 207 Å². The van der Waals surface area contributed by atoms with Crippen LogP contribution in [0.15, 0.2) is 46.0 Å². The minimum Gasteiger partial charge on any atom is -0.379 e. The Morgan fingerprint density at radius 3 is 2.46 bits per heavy atom. The number of alkyl halides is 3. The first-order chi connectivity index (χ1) is 16.4. The fraction of sp³-hybridized carbons (Fsp3) is 0.565. The van der Waals surface area contributed by atoms with Crippen molar-refractivity contribution in [1.29, 1.82) is 0 Å². The molecule has 0 aliphatic carbocycles. The van der Waals surface area contributed by atoms with Gasteiger partial charge in [0, 0.05) is 44.5 Å². The zero-order valence-corrected chi connectivity index (χ0v) is 21.2. The van der Waals surface area contributed by atoms with Crippen LogP contribution in [-0.4, -0.2) is 86.9 Å². The van der Waals surface area contributed by atoms with Crippen molar-refractivity contribution in [2.45, 2.75) is 41.9 Å². The van der Waals surface area contributed by atoms with Gasteiger partial charge < -0.3 is 14.7 Å². The standard InChI is InChI=1S/C23H30F3N3O4S2/c1-17-16-33-12-11-27(17)14-20-15-28(35(31,32)21-4-3-13-34-21)9-10-29(20)19-7-5-18(6-8-19)22(2,30)23(24,25)26/h3-8,13,17,20,30H,9-12,14-16H2,1-2H3. The number of morpholine rings is 1. The number of nitrogens with zero attached hydrogens (tertiary/aromatic N) is 3. The molecule has 2 aliphatic heterocycles. The van der Waals surface area contributed by atoms with E-state index in [0.717, 1.165) is 13.5 Å². The van der Waals surface area contributed by atoms with E-state index in [4.69, 9.17) is 4.74 Å². The molecule has 0 amide bonds. The Bertz CT molecular complexity index is 1090. The number of hydrogen-bond donors (Lipinski definition) is 1. The quantitative estimate of drug-likeness (QED) is 0.615. The highest BCUT2D eigenvalue weighted by atomic mass is 32.2. The first-order valence-electron chi connectivity index (χ1n) is 11.4. The maximum Gasteiger partial charge on any atom is 0.421 e. The van der Waals surface area contributed by atoms with E-state index < -0.39 is 21.8 Å². The summed E-state index contributed by atoms with van der Waals surface area (Å²) in [5.41, 5.74) is -2.52. The number of benzene rings is 1. The van der Waals surface area contributed by atoms with Gasteiger partial charge in [-0.3, -0.25) is 4.90 Å². The highest BCUT2D eigenvalue weighted by molar-refractivity contribution is 7.91. The lowest BCUT2D eigenvalue weighted by molar-refractivity contribution is -0.258. The summed E-state index contributed by atoms with van der Waals surface area (Å²) in [6.45, 7) is 6.19. The Morgan fingerprint density at radius 1 is 1.14 bits per heavy atom. The average molecular weight is 534 g/mol. The van der Waals surface area contributed by atoms with Crippen LogP contribution in [-0.2, 0) is 20.4 Å². The molecule has 7 nitrogen and oxygen atoms in total. The molecule has 3 atom stereocenters. The van der Waals surface area contributed by atoms with Crippen LogP contribution in [0, 0.1) is 0 Å². The molecule has 3 heterocycles. The highest BCUT2D eigenvalue weighted by Crippen LogP contribution is 2.39. The molecule has 2 fully saturated rings. The molecule has 2 saturated heterocycles. The molecule has 12 heteroatoms. The van der Waals surface area contributed by atoms with Gasteiger partial charge in [0.2, 0.25) is 0 Å². The number of halogens is 3. The lowest BCUT2D eigenvalue weighted by atomic mass is 9.95. The molecule has 194 valence electrons. The third-order valence-electron chi connectivity index (χ3n) is 6.80. The second kappa shape index (κ2) is 9.98. The van der Waals surface area contributed by atoms with E-state index in [1.54, 1.807) is 29.6 Å². The van der Waals surface area contributed by atoms with Crippen molar-refractivity contribution < 1.29 is 31.4 Å². The van der Waals surface area contributed by atoms with E-state index in [1.807, 2.05) is 0 Å². The lowest BCUT2D eigenvalue weighted by Crippen LogP contribution is -2.60. The Kier molecular flexibility index (Phi) is 7.52. The molecule has 1 aromatic heterocycles. The topological polar surface area (TPSA) is 73.3 Å². The summed E-state index contributed by atoms with van der Waals surface area (Å²) >= 11 is 1.18. The number of sulfonamides is 1. The zero-order chi connectivity index (χ0) is 25.4. The van der Waals surface area contributed by atoms with Crippen LogP contribution in [0.3, 0.4) is 0 Å². The summed E-state index contributed by atoms with van der Waals surface area (Å²) in [5.74, 6) is 0. The third kappa shape index (κ3) is 5.37. The van der Waals surface area contributed by atoms with Crippen molar-refractivity contribution in [1.82, 2.24) is 9.21 Å². The predicted octanol–water partition coefficient (Wildman–Crippen LogP) is 3.12. The third-order valence-corrected chi connectivity index (χ3v) is 10.0.